The Bertz CT molecular complexity index is 3560. The molecular formula is C59H38N2S. The summed E-state index contributed by atoms with van der Waals surface area (Å²) in [7, 11) is 0. The Morgan fingerprint density at radius 2 is 0.823 bits per heavy atom. The fraction of sp³-hybridized carbons (Fsp3) is 0. The summed E-state index contributed by atoms with van der Waals surface area (Å²) in [5.41, 5.74) is 17.3. The number of thiophene rings is 1. The molecule has 0 amide bonds. The fourth-order valence-corrected chi connectivity index (χ4v) is 10.5. The first-order chi connectivity index (χ1) is 30.7. The van der Waals surface area contributed by atoms with Gasteiger partial charge in [-0.15, -0.1) is 11.3 Å². The van der Waals surface area contributed by atoms with Crippen LogP contribution in [0.2, 0.25) is 0 Å². The third-order valence-electron chi connectivity index (χ3n) is 12.2. The van der Waals surface area contributed by atoms with Crippen LogP contribution in [-0.2, 0) is 0 Å². The lowest BCUT2D eigenvalue weighted by molar-refractivity contribution is 1.18. The number of rotatable bonds is 7. The van der Waals surface area contributed by atoms with Crippen molar-refractivity contribution in [1.29, 1.82) is 0 Å². The molecule has 290 valence electrons. The molecule has 12 rings (SSSR count). The van der Waals surface area contributed by atoms with E-state index in [1.165, 1.54) is 80.9 Å². The number of hydrogen-bond donors (Lipinski definition) is 0. The van der Waals surface area contributed by atoms with Gasteiger partial charge in [-0.1, -0.05) is 182 Å². The second-order valence-corrected chi connectivity index (χ2v) is 16.9. The van der Waals surface area contributed by atoms with Crippen molar-refractivity contribution in [1.82, 2.24) is 9.55 Å². The van der Waals surface area contributed by atoms with Gasteiger partial charge in [0.1, 0.15) is 0 Å². The van der Waals surface area contributed by atoms with Gasteiger partial charge >= 0.3 is 0 Å². The Morgan fingerprint density at radius 3 is 1.56 bits per heavy atom. The zero-order valence-corrected chi connectivity index (χ0v) is 34.6. The van der Waals surface area contributed by atoms with E-state index >= 15 is 0 Å². The lowest BCUT2D eigenvalue weighted by Gasteiger charge is -2.16. The van der Waals surface area contributed by atoms with Crippen molar-refractivity contribution in [2.45, 2.75) is 0 Å². The molecule has 0 aliphatic rings. The lowest BCUT2D eigenvalue weighted by Crippen LogP contribution is -1.95. The molecule has 0 unspecified atom stereocenters. The number of nitrogens with zero attached hydrogens (tertiary/aromatic N) is 2. The first-order valence-electron chi connectivity index (χ1n) is 21.1. The predicted molar refractivity (Wildman–Crippen MR) is 264 cm³/mol. The average Bonchev–Trinajstić information content (AvgIpc) is 3.90. The molecule has 0 atom stereocenters. The molecule has 0 aliphatic heterocycles. The van der Waals surface area contributed by atoms with Gasteiger partial charge in [-0.25, -0.2) is 4.98 Å². The van der Waals surface area contributed by atoms with Crippen LogP contribution in [0.4, 0.5) is 0 Å². The third kappa shape index (κ3) is 6.13. The van der Waals surface area contributed by atoms with Gasteiger partial charge in [0.05, 0.1) is 22.4 Å². The van der Waals surface area contributed by atoms with Crippen molar-refractivity contribution in [3.05, 3.63) is 231 Å². The van der Waals surface area contributed by atoms with Crippen molar-refractivity contribution in [3.8, 4) is 72.7 Å². The van der Waals surface area contributed by atoms with E-state index < -0.39 is 0 Å². The molecule has 3 heterocycles. The molecule has 0 radical (unpaired) electrons. The van der Waals surface area contributed by atoms with Crippen LogP contribution in [0, 0.1) is 0 Å². The van der Waals surface area contributed by atoms with Crippen LogP contribution in [-0.4, -0.2) is 9.55 Å². The van der Waals surface area contributed by atoms with Gasteiger partial charge in [0.2, 0.25) is 0 Å². The largest absolute Gasteiger partial charge is 0.309 e. The molecule has 0 saturated heterocycles. The summed E-state index contributed by atoms with van der Waals surface area (Å²) in [6, 6.07) is 83.4. The summed E-state index contributed by atoms with van der Waals surface area (Å²) in [5, 5.41) is 5.09. The molecule has 2 nitrogen and oxygen atoms in total. The SMILES string of the molecule is c1ccc(-c2cc(-c3ccccc3)nc(-c3ccc(-n4c5ccccc5c5cc(-c6ccccc6-c6ccccc6-c6cccc7c6sc6ccccc67)ccc54)cc3)c2)cc1. The zero-order valence-electron chi connectivity index (χ0n) is 33.7. The van der Waals surface area contributed by atoms with E-state index in [0.29, 0.717) is 0 Å². The van der Waals surface area contributed by atoms with E-state index in [2.05, 4.69) is 229 Å². The molecule has 9 aromatic carbocycles. The fourth-order valence-electron chi connectivity index (χ4n) is 9.31. The van der Waals surface area contributed by atoms with E-state index in [1.807, 2.05) is 17.4 Å². The van der Waals surface area contributed by atoms with E-state index in [9.17, 15) is 0 Å². The van der Waals surface area contributed by atoms with Gasteiger partial charge in [-0.05, 0) is 87.5 Å². The van der Waals surface area contributed by atoms with Gasteiger partial charge in [0, 0.05) is 53.3 Å². The van der Waals surface area contributed by atoms with Crippen molar-refractivity contribution >= 4 is 53.3 Å². The number of hydrogen-bond acceptors (Lipinski definition) is 2. The van der Waals surface area contributed by atoms with Crippen LogP contribution in [0.25, 0.3) is 115 Å². The van der Waals surface area contributed by atoms with Crippen LogP contribution in [0.5, 0.6) is 0 Å². The van der Waals surface area contributed by atoms with Crippen LogP contribution < -0.4 is 0 Å². The zero-order chi connectivity index (χ0) is 41.0. The van der Waals surface area contributed by atoms with Crippen LogP contribution in [0.15, 0.2) is 231 Å². The van der Waals surface area contributed by atoms with Crippen LogP contribution in [0.3, 0.4) is 0 Å². The van der Waals surface area contributed by atoms with Crippen molar-refractivity contribution in [3.63, 3.8) is 0 Å². The van der Waals surface area contributed by atoms with Gasteiger partial charge in [0.25, 0.3) is 0 Å². The summed E-state index contributed by atoms with van der Waals surface area (Å²) in [6.45, 7) is 0. The highest BCUT2D eigenvalue weighted by molar-refractivity contribution is 7.26. The summed E-state index contributed by atoms with van der Waals surface area (Å²) in [5.74, 6) is 0. The molecule has 0 aliphatic carbocycles. The highest BCUT2D eigenvalue weighted by atomic mass is 32.1. The monoisotopic (exact) mass is 806 g/mol. The maximum atomic E-state index is 5.20. The van der Waals surface area contributed by atoms with E-state index in [0.717, 1.165) is 33.8 Å². The molecule has 12 aromatic rings. The Kier molecular flexibility index (Phi) is 8.72. The molecule has 3 aromatic heterocycles. The maximum Gasteiger partial charge on any atom is 0.0715 e. The minimum absolute atomic E-state index is 0.948. The second kappa shape index (κ2) is 15.0. The number of fused-ring (bicyclic) bond motifs is 6. The Morgan fingerprint density at radius 1 is 0.306 bits per heavy atom. The van der Waals surface area contributed by atoms with E-state index in [1.54, 1.807) is 0 Å². The molecule has 0 spiro atoms. The Balaban J connectivity index is 0.955. The summed E-state index contributed by atoms with van der Waals surface area (Å²) >= 11 is 1.88. The van der Waals surface area contributed by atoms with Crippen LogP contribution in [0.1, 0.15) is 0 Å². The normalized spacial score (nSPS) is 11.5. The molecule has 0 fully saturated rings. The first-order valence-corrected chi connectivity index (χ1v) is 21.9. The van der Waals surface area contributed by atoms with Crippen molar-refractivity contribution < 1.29 is 0 Å². The predicted octanol–water partition coefficient (Wildman–Crippen LogP) is 16.5. The topological polar surface area (TPSA) is 17.8 Å². The number of aromatic nitrogens is 2. The highest BCUT2D eigenvalue weighted by Gasteiger charge is 2.19. The van der Waals surface area contributed by atoms with Crippen molar-refractivity contribution in [2.24, 2.45) is 0 Å². The van der Waals surface area contributed by atoms with E-state index in [4.69, 9.17) is 4.98 Å². The van der Waals surface area contributed by atoms with Gasteiger partial charge in [-0.2, -0.15) is 0 Å². The van der Waals surface area contributed by atoms with Gasteiger partial charge < -0.3 is 4.57 Å². The Hall–Kier alpha value is -7.85. The highest BCUT2D eigenvalue weighted by Crippen LogP contribution is 2.45. The number of para-hydroxylation sites is 1. The lowest BCUT2D eigenvalue weighted by atomic mass is 9.89. The number of pyridine rings is 1. The molecular weight excluding hydrogens is 769 g/mol. The van der Waals surface area contributed by atoms with E-state index in [-0.39, 0.29) is 0 Å². The minimum Gasteiger partial charge on any atom is -0.309 e. The molecule has 0 saturated carbocycles. The maximum absolute atomic E-state index is 5.20. The molecule has 0 N–H and O–H groups in total. The molecule has 3 heteroatoms. The standard InChI is InChI=1S/C59H38N2S/c1-3-16-39(17-4-1)43-37-54(40-18-5-2-6-19-40)60-55(38-43)41-30-33-44(34-31-41)61-56-28-13-11-24-49(56)53-36-42(32-35-57(53)61)45-20-7-8-21-46(45)47-22-9-10-23-48(47)51-26-15-27-52-50-25-12-14-29-58(50)62-59(51)52/h1-38H. The van der Waals surface area contributed by atoms with Gasteiger partial charge in [0.15, 0.2) is 0 Å². The molecule has 62 heavy (non-hydrogen) atoms. The second-order valence-electron chi connectivity index (χ2n) is 15.9. The third-order valence-corrected chi connectivity index (χ3v) is 13.5. The summed E-state index contributed by atoms with van der Waals surface area (Å²) in [4.78, 5) is 5.20. The van der Waals surface area contributed by atoms with Gasteiger partial charge in [-0.3, -0.25) is 0 Å². The summed E-state index contributed by atoms with van der Waals surface area (Å²) < 4.78 is 5.04. The average molecular weight is 807 g/mol. The quantitative estimate of drug-likeness (QED) is 0.157. The summed E-state index contributed by atoms with van der Waals surface area (Å²) in [6.07, 6.45) is 0. The number of benzene rings is 9. The smallest absolute Gasteiger partial charge is 0.0715 e. The van der Waals surface area contributed by atoms with Crippen molar-refractivity contribution in [2.75, 3.05) is 0 Å². The Labute approximate surface area is 364 Å². The van der Waals surface area contributed by atoms with Crippen LogP contribution >= 0.6 is 11.3 Å². The first kappa shape index (κ1) is 36.0. The molecule has 0 bridgehead atoms. The minimum atomic E-state index is 0.948.